The molecule has 6 nitrogen and oxygen atoms in total. The highest BCUT2D eigenvalue weighted by Gasteiger charge is 2.29. The number of nitrogens with zero attached hydrogens (tertiary/aromatic N) is 1. The van der Waals surface area contributed by atoms with E-state index in [9.17, 15) is 9.59 Å². The molecule has 1 aromatic carbocycles. The Hall–Kier alpha value is -2.08. The van der Waals surface area contributed by atoms with Crippen LogP contribution in [0.25, 0.3) is 0 Å². The molecule has 24 heavy (non-hydrogen) atoms. The van der Waals surface area contributed by atoms with Crippen LogP contribution in [-0.4, -0.2) is 43.1 Å². The summed E-state index contributed by atoms with van der Waals surface area (Å²) in [6.45, 7) is 5.34. The highest BCUT2D eigenvalue weighted by Crippen LogP contribution is 2.14. The van der Waals surface area contributed by atoms with E-state index in [1.54, 1.807) is 0 Å². The third-order valence-corrected chi connectivity index (χ3v) is 3.66. The van der Waals surface area contributed by atoms with E-state index in [4.69, 9.17) is 10.5 Å². The summed E-state index contributed by atoms with van der Waals surface area (Å²) in [5.41, 5.74) is 6.43. The van der Waals surface area contributed by atoms with E-state index < -0.39 is 18.0 Å². The molecule has 0 fully saturated rings. The van der Waals surface area contributed by atoms with Gasteiger partial charge in [-0.05, 0) is 37.9 Å². The summed E-state index contributed by atoms with van der Waals surface area (Å²) in [5, 5.41) is 3.03. The molecule has 0 aliphatic heterocycles. The predicted octanol–water partition coefficient (Wildman–Crippen LogP) is 2.13. The zero-order chi connectivity index (χ0) is 17.9. The SMILES string of the molecule is CNCCCN(C(=O)OCc1ccccc1)[C@@H](CC(C)C)C(N)=O. The summed E-state index contributed by atoms with van der Waals surface area (Å²) in [6, 6.07) is 8.81. The molecule has 1 atom stereocenters. The van der Waals surface area contributed by atoms with Crippen LogP contribution in [0.4, 0.5) is 4.79 Å². The predicted molar refractivity (Wildman–Crippen MR) is 94.3 cm³/mol. The number of ether oxygens (including phenoxy) is 1. The van der Waals surface area contributed by atoms with Crippen molar-refractivity contribution in [1.29, 1.82) is 0 Å². The van der Waals surface area contributed by atoms with Crippen molar-refractivity contribution in [2.75, 3.05) is 20.1 Å². The third-order valence-electron chi connectivity index (χ3n) is 3.66. The lowest BCUT2D eigenvalue weighted by Crippen LogP contribution is -2.49. The Bertz CT molecular complexity index is 505. The van der Waals surface area contributed by atoms with E-state index in [1.165, 1.54) is 4.90 Å². The van der Waals surface area contributed by atoms with Gasteiger partial charge in [-0.15, -0.1) is 0 Å². The maximum absolute atomic E-state index is 12.5. The summed E-state index contributed by atoms with van der Waals surface area (Å²) >= 11 is 0. The Labute approximate surface area is 144 Å². The van der Waals surface area contributed by atoms with Gasteiger partial charge in [-0.2, -0.15) is 0 Å². The van der Waals surface area contributed by atoms with Gasteiger partial charge in [0.25, 0.3) is 0 Å². The van der Waals surface area contributed by atoms with Crippen LogP contribution in [0.3, 0.4) is 0 Å². The second kappa shape index (κ2) is 10.6. The van der Waals surface area contributed by atoms with E-state index in [2.05, 4.69) is 5.32 Å². The van der Waals surface area contributed by atoms with E-state index in [1.807, 2.05) is 51.2 Å². The van der Waals surface area contributed by atoms with Gasteiger partial charge in [-0.25, -0.2) is 4.79 Å². The molecule has 0 spiro atoms. The van der Waals surface area contributed by atoms with E-state index in [0.29, 0.717) is 13.0 Å². The maximum atomic E-state index is 12.5. The number of hydrogen-bond donors (Lipinski definition) is 2. The number of benzene rings is 1. The normalized spacial score (nSPS) is 12.0. The Kier molecular flexibility index (Phi) is 8.86. The molecule has 134 valence electrons. The number of nitrogens with two attached hydrogens (primary N) is 1. The lowest BCUT2D eigenvalue weighted by Gasteiger charge is -2.30. The van der Waals surface area contributed by atoms with Gasteiger partial charge in [0.05, 0.1) is 0 Å². The molecule has 0 unspecified atom stereocenters. The Morgan fingerprint density at radius 1 is 1.25 bits per heavy atom. The van der Waals surface area contributed by atoms with Gasteiger partial charge >= 0.3 is 6.09 Å². The minimum absolute atomic E-state index is 0.176. The number of hydrogen-bond acceptors (Lipinski definition) is 4. The topological polar surface area (TPSA) is 84.7 Å². The number of carbonyl (C=O) groups is 2. The standard InChI is InChI=1S/C18H29N3O3/c1-14(2)12-16(17(19)22)21(11-7-10-20-3)18(23)24-13-15-8-5-4-6-9-15/h4-6,8-9,14,16,20H,7,10-13H2,1-3H3,(H2,19,22)/t16-/m0/s1. The van der Waals surface area contributed by atoms with Crippen LogP contribution in [0.2, 0.25) is 0 Å². The molecule has 0 radical (unpaired) electrons. The number of nitrogens with one attached hydrogen (secondary N) is 1. The van der Waals surface area contributed by atoms with Gasteiger partial charge in [-0.1, -0.05) is 44.2 Å². The van der Waals surface area contributed by atoms with Crippen LogP contribution in [0.5, 0.6) is 0 Å². The summed E-state index contributed by atoms with van der Waals surface area (Å²) in [6.07, 6.45) is 0.744. The minimum atomic E-state index is -0.648. The molecule has 1 aromatic rings. The largest absolute Gasteiger partial charge is 0.445 e. The fraction of sp³-hybridized carbons (Fsp3) is 0.556. The van der Waals surface area contributed by atoms with Gasteiger partial charge < -0.3 is 15.8 Å². The minimum Gasteiger partial charge on any atom is -0.445 e. The highest BCUT2D eigenvalue weighted by molar-refractivity contribution is 5.84. The molecule has 0 saturated heterocycles. The van der Waals surface area contributed by atoms with Crippen LogP contribution < -0.4 is 11.1 Å². The van der Waals surface area contributed by atoms with Crippen molar-refractivity contribution in [2.45, 2.75) is 39.3 Å². The van der Waals surface area contributed by atoms with Crippen LogP contribution in [0.15, 0.2) is 30.3 Å². The van der Waals surface area contributed by atoms with Crippen molar-refractivity contribution in [3.8, 4) is 0 Å². The maximum Gasteiger partial charge on any atom is 0.410 e. The molecule has 1 rings (SSSR count). The molecule has 2 amide bonds. The zero-order valence-corrected chi connectivity index (χ0v) is 14.8. The Morgan fingerprint density at radius 3 is 2.46 bits per heavy atom. The molecule has 0 aliphatic rings. The molecule has 3 N–H and O–H groups in total. The van der Waals surface area contributed by atoms with Gasteiger partial charge in [0.1, 0.15) is 12.6 Å². The summed E-state index contributed by atoms with van der Waals surface area (Å²) in [5.74, 6) is -0.249. The molecular formula is C18H29N3O3. The first-order valence-electron chi connectivity index (χ1n) is 8.37. The molecule has 0 saturated carbocycles. The van der Waals surface area contributed by atoms with Gasteiger partial charge in [0.2, 0.25) is 5.91 Å². The monoisotopic (exact) mass is 335 g/mol. The van der Waals surface area contributed by atoms with Crippen molar-refractivity contribution in [2.24, 2.45) is 11.7 Å². The van der Waals surface area contributed by atoms with Crippen molar-refractivity contribution >= 4 is 12.0 Å². The first-order chi connectivity index (χ1) is 11.5. The van der Waals surface area contributed by atoms with Crippen molar-refractivity contribution in [1.82, 2.24) is 10.2 Å². The van der Waals surface area contributed by atoms with Crippen LogP contribution in [-0.2, 0) is 16.1 Å². The van der Waals surface area contributed by atoms with E-state index >= 15 is 0 Å². The molecule has 0 bridgehead atoms. The van der Waals surface area contributed by atoms with E-state index in [0.717, 1.165) is 18.5 Å². The summed E-state index contributed by atoms with van der Waals surface area (Å²) in [4.78, 5) is 25.8. The van der Waals surface area contributed by atoms with Crippen LogP contribution in [0.1, 0.15) is 32.3 Å². The molecule has 6 heteroatoms. The van der Waals surface area contributed by atoms with E-state index in [-0.39, 0.29) is 12.5 Å². The fourth-order valence-electron chi connectivity index (χ4n) is 2.45. The van der Waals surface area contributed by atoms with Crippen molar-refractivity contribution in [3.05, 3.63) is 35.9 Å². The van der Waals surface area contributed by atoms with Gasteiger partial charge in [0.15, 0.2) is 0 Å². The van der Waals surface area contributed by atoms with Crippen molar-refractivity contribution < 1.29 is 14.3 Å². The third kappa shape index (κ3) is 7.00. The second-order valence-corrected chi connectivity index (χ2v) is 6.24. The smallest absolute Gasteiger partial charge is 0.410 e. The summed E-state index contributed by atoms with van der Waals surface area (Å²) < 4.78 is 5.39. The lowest BCUT2D eigenvalue weighted by atomic mass is 10.0. The summed E-state index contributed by atoms with van der Waals surface area (Å²) in [7, 11) is 1.84. The number of rotatable bonds is 10. The average Bonchev–Trinajstić information content (AvgIpc) is 2.55. The van der Waals surface area contributed by atoms with Gasteiger partial charge in [0, 0.05) is 6.54 Å². The van der Waals surface area contributed by atoms with Crippen molar-refractivity contribution in [3.63, 3.8) is 0 Å². The molecule has 0 heterocycles. The average molecular weight is 335 g/mol. The van der Waals surface area contributed by atoms with Crippen LogP contribution >= 0.6 is 0 Å². The van der Waals surface area contributed by atoms with Gasteiger partial charge in [-0.3, -0.25) is 9.69 Å². The number of carbonyl (C=O) groups excluding carboxylic acids is 2. The molecular weight excluding hydrogens is 306 g/mol. The molecule has 0 aliphatic carbocycles. The fourth-order valence-corrected chi connectivity index (χ4v) is 2.45. The second-order valence-electron chi connectivity index (χ2n) is 6.24. The first-order valence-corrected chi connectivity index (χ1v) is 8.37. The number of amides is 2. The first kappa shape index (κ1) is 20.0. The number of primary amides is 1. The quantitative estimate of drug-likeness (QED) is 0.642. The Morgan fingerprint density at radius 2 is 1.92 bits per heavy atom. The zero-order valence-electron chi connectivity index (χ0n) is 14.8. The molecule has 0 aromatic heterocycles. The van der Waals surface area contributed by atoms with Crippen LogP contribution in [0, 0.1) is 5.92 Å². The highest BCUT2D eigenvalue weighted by atomic mass is 16.6. The lowest BCUT2D eigenvalue weighted by molar-refractivity contribution is -0.123. The Balaban J connectivity index is 2.77.